The van der Waals surface area contributed by atoms with Crippen molar-refractivity contribution in [1.82, 2.24) is 63.8 Å². The lowest BCUT2D eigenvalue weighted by atomic mass is 9.95. The fourth-order valence-electron chi connectivity index (χ4n) is 11.3. The van der Waals surface area contributed by atoms with Crippen LogP contribution in [0.3, 0.4) is 0 Å². The fraction of sp³-hybridized carbons (Fsp3) is 0.696. The van der Waals surface area contributed by atoms with Gasteiger partial charge in [-0.1, -0.05) is 120 Å². The third-order valence-electron chi connectivity index (χ3n) is 16.7. The highest BCUT2D eigenvalue weighted by atomic mass is 16.2. The summed E-state index contributed by atoms with van der Waals surface area (Å²) in [6.07, 6.45) is 1.88. The molecule has 1 aliphatic rings. The minimum atomic E-state index is -1.42. The van der Waals surface area contributed by atoms with E-state index in [9.17, 15) is 62.3 Å². The van der Waals surface area contributed by atoms with Crippen LogP contribution >= 0.6 is 0 Å². The summed E-state index contributed by atoms with van der Waals surface area (Å²) in [5, 5.41) is 32.9. The zero-order chi connectivity index (χ0) is 76.9. The minimum absolute atomic E-state index is 0.00334. The molecule has 0 aromatic heterocycles. The van der Waals surface area contributed by atoms with Crippen LogP contribution in [-0.4, -0.2) is 181 Å². The van der Waals surface area contributed by atoms with Gasteiger partial charge in [-0.15, -0.1) is 0 Å². The van der Waals surface area contributed by atoms with Gasteiger partial charge in [0, 0.05) is 25.9 Å². The van der Waals surface area contributed by atoms with E-state index in [1.54, 1.807) is 65.0 Å². The first-order valence-electron chi connectivity index (χ1n) is 35.7. The number of nitrogens with two attached hydrogens (primary N) is 6. The van der Waals surface area contributed by atoms with Crippen molar-refractivity contribution in [2.75, 3.05) is 26.2 Å². The molecule has 0 bridgehead atoms. The van der Waals surface area contributed by atoms with Crippen LogP contribution < -0.4 is 98.2 Å². The molecule has 0 radical (unpaired) electrons. The number of amides is 13. The molecule has 33 nitrogen and oxygen atoms in total. The number of primary amides is 2. The molecule has 102 heavy (non-hydrogen) atoms. The molecule has 12 atom stereocenters. The van der Waals surface area contributed by atoms with E-state index in [-0.39, 0.29) is 131 Å². The van der Waals surface area contributed by atoms with E-state index in [1.807, 2.05) is 48.5 Å². The van der Waals surface area contributed by atoms with Crippen LogP contribution in [-0.2, 0) is 68.7 Å². The predicted octanol–water partition coefficient (Wildman–Crippen LogP) is -1.92. The van der Waals surface area contributed by atoms with Gasteiger partial charge in [-0.05, 0) is 125 Å². The Hall–Kier alpha value is -9.17. The zero-order valence-electron chi connectivity index (χ0n) is 61.8. The van der Waals surface area contributed by atoms with Gasteiger partial charge in [0.05, 0.1) is 12.6 Å². The Balaban J connectivity index is 2.48. The number of aliphatic imine (C=N–C) groups is 2. The van der Waals surface area contributed by atoms with Crippen molar-refractivity contribution in [3.63, 3.8) is 0 Å². The van der Waals surface area contributed by atoms with E-state index < -0.39 is 150 Å². The Bertz CT molecular complexity index is 2970. The van der Waals surface area contributed by atoms with Crippen molar-refractivity contribution < 1.29 is 62.3 Å². The summed E-state index contributed by atoms with van der Waals surface area (Å²) in [5.74, 6) is -11.5. The topological polar surface area (TPSA) is 547 Å². The van der Waals surface area contributed by atoms with Crippen LogP contribution in [0.15, 0.2) is 40.3 Å². The number of carbonyl (C=O) groups is 13. The van der Waals surface area contributed by atoms with Gasteiger partial charge in [-0.3, -0.25) is 72.3 Å². The van der Waals surface area contributed by atoms with Gasteiger partial charge in [-0.25, -0.2) is 0 Å². The van der Waals surface area contributed by atoms with Crippen LogP contribution in [0.4, 0.5) is 0 Å². The lowest BCUT2D eigenvalue weighted by molar-refractivity contribution is -0.137. The van der Waals surface area contributed by atoms with Gasteiger partial charge in [-0.2, -0.15) is 0 Å². The van der Waals surface area contributed by atoms with Gasteiger partial charge in [0.15, 0.2) is 11.9 Å². The number of benzene rings is 1. The number of nitrogens with zero attached hydrogens (tertiary/aromatic N) is 2. The van der Waals surface area contributed by atoms with Crippen molar-refractivity contribution in [3.05, 3.63) is 35.9 Å². The first kappa shape index (κ1) is 88.9. The summed E-state index contributed by atoms with van der Waals surface area (Å²) in [7, 11) is 0. The molecule has 2 rings (SSSR count). The third-order valence-corrected chi connectivity index (χ3v) is 16.7. The monoisotopic (exact) mass is 1440 g/mol. The maximum absolute atomic E-state index is 14.7. The second kappa shape index (κ2) is 46.4. The normalized spacial score (nSPS) is 16.0. The Labute approximate surface area is 600 Å². The lowest BCUT2D eigenvalue weighted by Crippen LogP contribution is -2.61. The number of guanidine groups is 2. The number of rotatable bonds is 48. The van der Waals surface area contributed by atoms with Crippen molar-refractivity contribution in [2.24, 2.45) is 79.9 Å². The van der Waals surface area contributed by atoms with E-state index >= 15 is 0 Å². The zero-order valence-corrected chi connectivity index (χ0v) is 61.8. The maximum Gasteiger partial charge on any atom is 0.243 e. The molecule has 1 aromatic rings. The molecule has 0 spiro atoms. The number of nitrogens with one attached hydrogen (secondary N) is 12. The SMILES string of the molecule is CC[C@H](C)[C@H](NC(=O)[C@H](CC(C)C)NC(=O)[C@@H]1CCCN1)C(=O)N[C@@H](CC(C)C)C(=O)N[C@@H](CC(C)C)C(=O)N[C@@H](CCCN=C(N)N)C(=O)N[C@@H](CC(C)C)C(=O)N[C@@H](CC(C)C)C(=O)N[C@@H](CCCN=C(N)N)C(=O)NCC(=O)N[C@@H](CCC(N)=O)C(=O)N[C@@H](Cc1ccccc1)C(N)=O. The highest BCUT2D eigenvalue weighted by Crippen LogP contribution is 2.17. The molecule has 1 heterocycles. The minimum Gasteiger partial charge on any atom is -0.370 e. The van der Waals surface area contributed by atoms with Gasteiger partial charge in [0.2, 0.25) is 76.8 Å². The summed E-state index contributed by atoms with van der Waals surface area (Å²) < 4.78 is 0. The molecular formula is C69H120N20O13. The van der Waals surface area contributed by atoms with Crippen molar-refractivity contribution in [3.8, 4) is 0 Å². The van der Waals surface area contributed by atoms with Crippen molar-refractivity contribution in [2.45, 2.75) is 246 Å². The van der Waals surface area contributed by atoms with Crippen LogP contribution in [0.1, 0.15) is 179 Å². The molecule has 574 valence electrons. The Morgan fingerprint density at radius 1 is 0.451 bits per heavy atom. The standard InChI is InChI=1S/C69H120N20O13/c1-13-42(12)56(89-66(101)53(34-41(10)11)84-59(94)44-22-17-27-76-44)67(102)88-52(33-40(8)9)65(100)87-50(31-38(4)5)63(98)82-46(24-19-29-78-69(74)75)60(95)85-51(32-39(6)7)64(99)86-49(30-37(2)3)62(97)81-45(23-18-28-77-68(72)73)58(93)79-36-55(91)80-47(25-26-54(70)90)61(96)83-48(57(71)92)35-43-20-15-14-16-21-43/h14-16,20-21,37-42,44-53,56,76H,13,17-19,22-36H2,1-12H3,(H2,70,90)(H2,71,92)(H,79,93)(H,80,91)(H,81,97)(H,82,98)(H,83,96)(H,84,94)(H,85,95)(H,86,99)(H,87,100)(H,88,102)(H,89,101)(H4,72,73,77)(H4,74,75,78)/t42-,44-,45-,46-,47-,48-,49-,50-,51-,52-,53-,56-/m0/s1. The summed E-state index contributed by atoms with van der Waals surface area (Å²) in [5.41, 5.74) is 34.0. The van der Waals surface area contributed by atoms with Crippen LogP contribution in [0, 0.1) is 35.5 Å². The molecule has 0 unspecified atom stereocenters. The average Bonchev–Trinajstić information content (AvgIpc) is 0.863. The first-order valence-corrected chi connectivity index (χ1v) is 35.7. The van der Waals surface area contributed by atoms with Gasteiger partial charge >= 0.3 is 0 Å². The largest absolute Gasteiger partial charge is 0.370 e. The van der Waals surface area contributed by atoms with E-state index in [4.69, 9.17) is 34.4 Å². The quantitative estimate of drug-likeness (QED) is 0.0192. The van der Waals surface area contributed by atoms with Crippen LogP contribution in [0.5, 0.6) is 0 Å². The van der Waals surface area contributed by atoms with Gasteiger partial charge < -0.3 is 98.2 Å². The van der Waals surface area contributed by atoms with E-state index in [1.165, 1.54) is 0 Å². The molecule has 1 fully saturated rings. The summed E-state index contributed by atoms with van der Waals surface area (Å²) in [4.78, 5) is 188. The highest BCUT2D eigenvalue weighted by Gasteiger charge is 2.38. The Morgan fingerprint density at radius 2 is 0.824 bits per heavy atom. The van der Waals surface area contributed by atoms with Gasteiger partial charge in [0.25, 0.3) is 0 Å². The average molecular weight is 1440 g/mol. The van der Waals surface area contributed by atoms with Crippen LogP contribution in [0.25, 0.3) is 0 Å². The smallest absolute Gasteiger partial charge is 0.243 e. The Kier molecular flexibility index (Phi) is 40.4. The van der Waals surface area contributed by atoms with Gasteiger partial charge in [0.1, 0.15) is 60.4 Å². The Morgan fingerprint density at radius 3 is 1.21 bits per heavy atom. The molecule has 24 N–H and O–H groups in total. The molecule has 33 heteroatoms. The van der Waals surface area contributed by atoms with E-state index in [2.05, 4.69) is 73.8 Å². The molecular weight excluding hydrogens is 1320 g/mol. The summed E-state index contributed by atoms with van der Waals surface area (Å²) >= 11 is 0. The molecule has 1 aromatic carbocycles. The predicted molar refractivity (Wildman–Crippen MR) is 388 cm³/mol. The number of hydrogen-bond donors (Lipinski definition) is 18. The molecule has 1 saturated heterocycles. The fourth-order valence-corrected chi connectivity index (χ4v) is 11.3. The first-order chi connectivity index (χ1) is 47.9. The van der Waals surface area contributed by atoms with Crippen molar-refractivity contribution >= 4 is 88.7 Å². The molecule has 0 saturated carbocycles. The maximum atomic E-state index is 14.7. The molecule has 1 aliphatic heterocycles. The highest BCUT2D eigenvalue weighted by molar-refractivity contribution is 5.99. The second-order valence-electron chi connectivity index (χ2n) is 28.5. The second-order valence-corrected chi connectivity index (χ2v) is 28.5. The van der Waals surface area contributed by atoms with E-state index in [0.29, 0.717) is 31.4 Å². The lowest BCUT2D eigenvalue weighted by Gasteiger charge is -2.30. The van der Waals surface area contributed by atoms with Crippen molar-refractivity contribution in [1.29, 1.82) is 0 Å². The molecule has 0 aliphatic carbocycles. The number of carbonyl (C=O) groups excluding carboxylic acids is 13. The van der Waals surface area contributed by atoms with E-state index in [0.717, 1.165) is 6.42 Å². The molecule has 13 amide bonds. The third kappa shape index (κ3) is 35.4. The van der Waals surface area contributed by atoms with Crippen LogP contribution in [0.2, 0.25) is 0 Å². The number of hydrogen-bond acceptors (Lipinski definition) is 16. The summed E-state index contributed by atoms with van der Waals surface area (Å²) in [6, 6.07) is -4.41. The summed E-state index contributed by atoms with van der Waals surface area (Å²) in [6.45, 7) is 21.9.